The second-order valence-electron chi connectivity index (χ2n) is 4.64. The van der Waals surface area contributed by atoms with Gasteiger partial charge in [-0.3, -0.25) is 0 Å². The minimum atomic E-state index is 0.265. The van der Waals surface area contributed by atoms with Crippen molar-refractivity contribution in [2.75, 3.05) is 20.5 Å². The van der Waals surface area contributed by atoms with Crippen LogP contribution in [0.5, 0.6) is 11.5 Å². The number of unbranched alkanes of at least 4 members (excludes halogenated alkanes) is 5. The van der Waals surface area contributed by atoms with E-state index in [0.717, 1.165) is 24.5 Å². The maximum Gasteiger partial charge on any atom is 0.188 e. The summed E-state index contributed by atoms with van der Waals surface area (Å²) in [6.07, 6.45) is 7.67. The van der Waals surface area contributed by atoms with Crippen LogP contribution >= 0.6 is 0 Å². The number of hydrogen-bond donors (Lipinski definition) is 0. The molecule has 0 heterocycles. The van der Waals surface area contributed by atoms with E-state index < -0.39 is 0 Å². The standard InChI is InChI=1S/C16H26O3/c1-3-4-5-6-7-8-12-18-15-10-9-11-16(13-15)19-14-17-2/h9-11,13H,3-8,12,14H2,1-2H3. The highest BCUT2D eigenvalue weighted by Crippen LogP contribution is 2.19. The number of hydrogen-bond acceptors (Lipinski definition) is 3. The third-order valence-corrected chi connectivity index (χ3v) is 2.92. The van der Waals surface area contributed by atoms with E-state index >= 15 is 0 Å². The summed E-state index contributed by atoms with van der Waals surface area (Å²) in [5.74, 6) is 1.64. The molecule has 0 N–H and O–H groups in total. The van der Waals surface area contributed by atoms with Crippen LogP contribution in [0.2, 0.25) is 0 Å². The second-order valence-corrected chi connectivity index (χ2v) is 4.64. The van der Waals surface area contributed by atoms with Crippen LogP contribution in [0.15, 0.2) is 24.3 Å². The van der Waals surface area contributed by atoms with Crippen LogP contribution < -0.4 is 9.47 Å². The largest absolute Gasteiger partial charge is 0.493 e. The van der Waals surface area contributed by atoms with Crippen LogP contribution in [0, 0.1) is 0 Å². The summed E-state index contributed by atoms with van der Waals surface area (Å²) in [6.45, 7) is 3.28. The van der Waals surface area contributed by atoms with E-state index in [4.69, 9.17) is 14.2 Å². The maximum absolute atomic E-state index is 5.71. The van der Waals surface area contributed by atoms with E-state index in [-0.39, 0.29) is 6.79 Å². The van der Waals surface area contributed by atoms with Crippen LogP contribution in [0.25, 0.3) is 0 Å². The van der Waals surface area contributed by atoms with Gasteiger partial charge in [-0.2, -0.15) is 0 Å². The Kier molecular flexibility index (Phi) is 8.90. The number of benzene rings is 1. The second kappa shape index (κ2) is 10.7. The average molecular weight is 266 g/mol. The highest BCUT2D eigenvalue weighted by Gasteiger charge is 1.98. The summed E-state index contributed by atoms with van der Waals surface area (Å²) in [4.78, 5) is 0. The predicted molar refractivity (Wildman–Crippen MR) is 77.8 cm³/mol. The topological polar surface area (TPSA) is 27.7 Å². The predicted octanol–water partition coefficient (Wildman–Crippen LogP) is 4.41. The van der Waals surface area contributed by atoms with Gasteiger partial charge in [0.05, 0.1) is 6.61 Å². The molecule has 0 aliphatic carbocycles. The van der Waals surface area contributed by atoms with Gasteiger partial charge in [-0.25, -0.2) is 0 Å². The maximum atomic E-state index is 5.71. The fraction of sp³-hybridized carbons (Fsp3) is 0.625. The summed E-state index contributed by atoms with van der Waals surface area (Å²) < 4.78 is 15.9. The zero-order valence-electron chi connectivity index (χ0n) is 12.2. The summed E-state index contributed by atoms with van der Waals surface area (Å²) in [7, 11) is 1.61. The lowest BCUT2D eigenvalue weighted by Crippen LogP contribution is -2.00. The zero-order valence-corrected chi connectivity index (χ0v) is 12.2. The van der Waals surface area contributed by atoms with Crippen LogP contribution in [0.4, 0.5) is 0 Å². The molecule has 0 radical (unpaired) electrons. The molecule has 0 saturated carbocycles. The lowest BCUT2D eigenvalue weighted by atomic mass is 10.1. The Labute approximate surface area is 116 Å². The van der Waals surface area contributed by atoms with Crippen molar-refractivity contribution in [2.24, 2.45) is 0 Å². The number of methoxy groups -OCH3 is 1. The molecule has 0 saturated heterocycles. The Hall–Kier alpha value is -1.22. The molecule has 0 aromatic heterocycles. The van der Waals surface area contributed by atoms with Gasteiger partial charge in [-0.1, -0.05) is 45.1 Å². The molecule has 0 fully saturated rings. The van der Waals surface area contributed by atoms with E-state index in [1.165, 1.54) is 32.1 Å². The van der Waals surface area contributed by atoms with Gasteiger partial charge in [-0.15, -0.1) is 0 Å². The fourth-order valence-electron chi connectivity index (χ4n) is 1.85. The van der Waals surface area contributed by atoms with E-state index in [1.807, 2.05) is 24.3 Å². The van der Waals surface area contributed by atoms with Crippen LogP contribution in [0.1, 0.15) is 45.4 Å². The van der Waals surface area contributed by atoms with Crippen LogP contribution in [-0.2, 0) is 4.74 Å². The zero-order chi connectivity index (χ0) is 13.8. The first-order chi connectivity index (χ1) is 9.36. The molecule has 0 aliphatic heterocycles. The van der Waals surface area contributed by atoms with Gasteiger partial charge in [0.1, 0.15) is 11.5 Å². The molecule has 1 aromatic rings. The third-order valence-electron chi connectivity index (χ3n) is 2.92. The van der Waals surface area contributed by atoms with Crippen molar-refractivity contribution in [3.05, 3.63) is 24.3 Å². The smallest absolute Gasteiger partial charge is 0.188 e. The Balaban J connectivity index is 2.14. The van der Waals surface area contributed by atoms with Gasteiger partial charge >= 0.3 is 0 Å². The lowest BCUT2D eigenvalue weighted by molar-refractivity contribution is 0.0509. The molecule has 3 heteroatoms. The number of rotatable bonds is 11. The van der Waals surface area contributed by atoms with Crippen LogP contribution in [0.3, 0.4) is 0 Å². The average Bonchev–Trinajstić information content (AvgIpc) is 2.44. The van der Waals surface area contributed by atoms with Gasteiger partial charge in [0.15, 0.2) is 6.79 Å². The minimum Gasteiger partial charge on any atom is -0.493 e. The van der Waals surface area contributed by atoms with Crippen molar-refractivity contribution >= 4 is 0 Å². The van der Waals surface area contributed by atoms with E-state index in [2.05, 4.69) is 6.92 Å². The molecule has 1 rings (SSSR count). The Bertz CT molecular complexity index is 326. The molecule has 1 aromatic carbocycles. The lowest BCUT2D eigenvalue weighted by Gasteiger charge is -2.09. The SMILES string of the molecule is CCCCCCCCOc1cccc(OCOC)c1. The summed E-state index contributed by atoms with van der Waals surface area (Å²) in [5, 5.41) is 0. The molecule has 0 bridgehead atoms. The Morgan fingerprint density at radius 3 is 2.32 bits per heavy atom. The molecule has 0 unspecified atom stereocenters. The van der Waals surface area contributed by atoms with Gasteiger partial charge < -0.3 is 14.2 Å². The van der Waals surface area contributed by atoms with Crippen LogP contribution in [-0.4, -0.2) is 20.5 Å². The van der Waals surface area contributed by atoms with Crippen molar-refractivity contribution in [3.8, 4) is 11.5 Å². The highest BCUT2D eigenvalue weighted by atomic mass is 16.7. The highest BCUT2D eigenvalue weighted by molar-refractivity contribution is 5.32. The van der Waals surface area contributed by atoms with Crippen molar-refractivity contribution in [2.45, 2.75) is 45.4 Å². The third kappa shape index (κ3) is 7.73. The van der Waals surface area contributed by atoms with Gasteiger partial charge in [-0.05, 0) is 18.6 Å². The minimum absolute atomic E-state index is 0.265. The molecule has 0 amide bonds. The fourth-order valence-corrected chi connectivity index (χ4v) is 1.85. The molecule has 0 aliphatic rings. The van der Waals surface area contributed by atoms with Crippen molar-refractivity contribution in [3.63, 3.8) is 0 Å². The first kappa shape index (κ1) is 15.8. The summed E-state index contributed by atoms with van der Waals surface area (Å²) in [5.41, 5.74) is 0. The molecule has 3 nitrogen and oxygen atoms in total. The molecular formula is C16H26O3. The van der Waals surface area contributed by atoms with Crippen molar-refractivity contribution < 1.29 is 14.2 Å². The Morgan fingerprint density at radius 1 is 0.895 bits per heavy atom. The Morgan fingerprint density at radius 2 is 1.58 bits per heavy atom. The van der Waals surface area contributed by atoms with Gasteiger partial charge in [0.25, 0.3) is 0 Å². The molecule has 108 valence electrons. The first-order valence-corrected chi connectivity index (χ1v) is 7.21. The number of ether oxygens (including phenoxy) is 3. The molecule has 0 atom stereocenters. The molecule has 0 spiro atoms. The van der Waals surface area contributed by atoms with E-state index in [0.29, 0.717) is 0 Å². The summed E-state index contributed by atoms with van der Waals surface area (Å²) >= 11 is 0. The quantitative estimate of drug-likeness (QED) is 0.438. The molecule has 19 heavy (non-hydrogen) atoms. The van der Waals surface area contributed by atoms with Gasteiger partial charge in [0.2, 0.25) is 0 Å². The van der Waals surface area contributed by atoms with Gasteiger partial charge in [0, 0.05) is 13.2 Å². The van der Waals surface area contributed by atoms with Crippen molar-refractivity contribution in [1.29, 1.82) is 0 Å². The van der Waals surface area contributed by atoms with E-state index in [1.54, 1.807) is 7.11 Å². The van der Waals surface area contributed by atoms with Crippen molar-refractivity contribution in [1.82, 2.24) is 0 Å². The van der Waals surface area contributed by atoms with E-state index in [9.17, 15) is 0 Å². The molecular weight excluding hydrogens is 240 g/mol. The first-order valence-electron chi connectivity index (χ1n) is 7.21. The monoisotopic (exact) mass is 266 g/mol. The normalized spacial score (nSPS) is 10.4. The summed E-state index contributed by atoms with van der Waals surface area (Å²) in [6, 6.07) is 7.69.